The molecule has 1 unspecified atom stereocenters. The number of halogens is 3. The van der Waals surface area contributed by atoms with E-state index in [0.29, 0.717) is 0 Å². The zero-order valence-corrected chi connectivity index (χ0v) is 11.3. The van der Waals surface area contributed by atoms with Gasteiger partial charge >= 0.3 is 6.18 Å². The van der Waals surface area contributed by atoms with E-state index in [2.05, 4.69) is 5.32 Å². The van der Waals surface area contributed by atoms with E-state index >= 15 is 0 Å². The van der Waals surface area contributed by atoms with Crippen LogP contribution < -0.4 is 5.32 Å². The molecule has 1 atom stereocenters. The summed E-state index contributed by atoms with van der Waals surface area (Å²) < 4.78 is 38.2. The fourth-order valence-electron chi connectivity index (χ4n) is 2.16. The van der Waals surface area contributed by atoms with Gasteiger partial charge in [0, 0.05) is 23.8 Å². The fraction of sp³-hybridized carbons (Fsp3) is 0.267. The van der Waals surface area contributed by atoms with Crippen LogP contribution in [0.3, 0.4) is 0 Å². The Morgan fingerprint density at radius 3 is 2.68 bits per heavy atom. The lowest BCUT2D eigenvalue weighted by atomic mass is 9.90. The van der Waals surface area contributed by atoms with Crippen LogP contribution in [-0.4, -0.2) is 17.9 Å². The summed E-state index contributed by atoms with van der Waals surface area (Å²) >= 11 is 0. The van der Waals surface area contributed by atoms with Crippen LogP contribution in [0.15, 0.2) is 36.0 Å². The summed E-state index contributed by atoms with van der Waals surface area (Å²) in [6, 6.07) is 7.61. The van der Waals surface area contributed by atoms with Gasteiger partial charge in [-0.1, -0.05) is 6.07 Å². The molecule has 2 rings (SSSR count). The first-order chi connectivity index (χ1) is 10.3. The van der Waals surface area contributed by atoms with E-state index in [1.807, 2.05) is 6.07 Å². The molecule has 0 saturated carbocycles. The number of rotatable bonds is 2. The third-order valence-electron chi connectivity index (χ3n) is 3.24. The number of alkyl halides is 3. The molecule has 7 heteroatoms. The number of ketones is 1. The summed E-state index contributed by atoms with van der Waals surface area (Å²) in [5, 5.41) is 11.1. The van der Waals surface area contributed by atoms with Gasteiger partial charge in [-0.15, -0.1) is 0 Å². The number of amides is 1. The number of nitrogens with one attached hydrogen (secondary N) is 1. The lowest BCUT2D eigenvalue weighted by Gasteiger charge is -2.24. The molecule has 0 fully saturated rings. The second-order valence-electron chi connectivity index (χ2n) is 4.93. The monoisotopic (exact) mass is 308 g/mol. The summed E-state index contributed by atoms with van der Waals surface area (Å²) in [5.41, 5.74) is 0.335. The third kappa shape index (κ3) is 3.73. The Kier molecular flexibility index (Phi) is 4.31. The smallest absolute Gasteiger partial charge is 0.326 e. The van der Waals surface area contributed by atoms with Gasteiger partial charge in [-0.05, 0) is 24.6 Å². The number of allylic oxidation sites excluding steroid dienone is 2. The molecule has 0 aliphatic heterocycles. The van der Waals surface area contributed by atoms with Crippen molar-refractivity contribution >= 4 is 11.7 Å². The molecule has 0 radical (unpaired) electrons. The van der Waals surface area contributed by atoms with Crippen molar-refractivity contribution in [2.24, 2.45) is 5.92 Å². The largest absolute Gasteiger partial charge is 0.392 e. The minimum Gasteiger partial charge on any atom is -0.326 e. The maximum Gasteiger partial charge on any atom is 0.392 e. The van der Waals surface area contributed by atoms with Crippen molar-refractivity contribution in [3.05, 3.63) is 47.2 Å². The van der Waals surface area contributed by atoms with E-state index in [0.717, 1.165) is 6.08 Å². The van der Waals surface area contributed by atoms with E-state index < -0.39 is 36.6 Å². The maximum absolute atomic E-state index is 12.7. The Morgan fingerprint density at radius 1 is 1.32 bits per heavy atom. The van der Waals surface area contributed by atoms with Crippen molar-refractivity contribution in [3.63, 3.8) is 0 Å². The number of carbonyl (C=O) groups excluding carboxylic acids is 2. The van der Waals surface area contributed by atoms with Gasteiger partial charge in [0.05, 0.1) is 17.6 Å². The quantitative estimate of drug-likeness (QED) is 0.913. The third-order valence-corrected chi connectivity index (χ3v) is 3.24. The maximum atomic E-state index is 12.7. The second kappa shape index (κ2) is 6.02. The first-order valence-corrected chi connectivity index (χ1v) is 6.41. The molecule has 1 aromatic carbocycles. The van der Waals surface area contributed by atoms with Crippen LogP contribution in [0.1, 0.15) is 28.8 Å². The minimum absolute atomic E-state index is 0.0639. The molecule has 1 aliphatic rings. The van der Waals surface area contributed by atoms with Crippen LogP contribution in [0, 0.1) is 17.2 Å². The Bertz CT molecular complexity index is 687. The standard InChI is InChI=1S/C15H11F3N2O2/c16-15(17,18)11-5-12(7-13(21)6-11)20-14(22)10-3-1-2-9(4-10)8-19/h1-4,7,11H,5-6H2,(H,20,22). The van der Waals surface area contributed by atoms with Crippen molar-refractivity contribution in [1.29, 1.82) is 5.26 Å². The molecule has 22 heavy (non-hydrogen) atoms. The van der Waals surface area contributed by atoms with Crippen LogP contribution in [-0.2, 0) is 4.79 Å². The Hall–Kier alpha value is -2.62. The van der Waals surface area contributed by atoms with Crippen molar-refractivity contribution in [2.45, 2.75) is 19.0 Å². The zero-order chi connectivity index (χ0) is 16.3. The predicted octanol–water partition coefficient (Wildman–Crippen LogP) is 2.71. The highest BCUT2D eigenvalue weighted by atomic mass is 19.4. The normalized spacial score (nSPS) is 18.4. The Balaban J connectivity index is 2.14. The molecule has 0 spiro atoms. The average molecular weight is 308 g/mol. The van der Waals surface area contributed by atoms with Gasteiger partial charge in [0.25, 0.3) is 5.91 Å². The van der Waals surface area contributed by atoms with Crippen LogP contribution in [0.25, 0.3) is 0 Å². The highest BCUT2D eigenvalue weighted by Crippen LogP contribution is 2.35. The molecule has 0 bridgehead atoms. The first kappa shape index (κ1) is 15.8. The van der Waals surface area contributed by atoms with Gasteiger partial charge in [0.15, 0.2) is 5.78 Å². The highest BCUT2D eigenvalue weighted by Gasteiger charge is 2.42. The van der Waals surface area contributed by atoms with E-state index in [1.54, 1.807) is 0 Å². The van der Waals surface area contributed by atoms with Crippen molar-refractivity contribution in [1.82, 2.24) is 5.32 Å². The topological polar surface area (TPSA) is 70.0 Å². The summed E-state index contributed by atoms with van der Waals surface area (Å²) in [5.74, 6) is -3.11. The summed E-state index contributed by atoms with van der Waals surface area (Å²) in [6.07, 6.45) is -4.51. The molecule has 1 N–H and O–H groups in total. The van der Waals surface area contributed by atoms with Crippen molar-refractivity contribution in [3.8, 4) is 6.07 Å². The van der Waals surface area contributed by atoms with Crippen molar-refractivity contribution < 1.29 is 22.8 Å². The second-order valence-corrected chi connectivity index (χ2v) is 4.93. The molecule has 1 aliphatic carbocycles. The first-order valence-electron chi connectivity index (χ1n) is 6.41. The molecule has 0 aromatic heterocycles. The molecular formula is C15H11F3N2O2. The van der Waals surface area contributed by atoms with Crippen LogP contribution >= 0.6 is 0 Å². The molecule has 114 valence electrons. The minimum atomic E-state index is -4.49. The molecular weight excluding hydrogens is 297 g/mol. The summed E-state index contributed by atoms with van der Waals surface area (Å²) in [6.45, 7) is 0. The lowest BCUT2D eigenvalue weighted by molar-refractivity contribution is -0.178. The molecule has 1 aromatic rings. The molecule has 1 amide bonds. The van der Waals surface area contributed by atoms with E-state index in [1.165, 1.54) is 24.3 Å². The highest BCUT2D eigenvalue weighted by molar-refractivity contribution is 5.97. The van der Waals surface area contributed by atoms with Crippen LogP contribution in [0.2, 0.25) is 0 Å². The number of nitriles is 1. The predicted molar refractivity (Wildman–Crippen MR) is 70.5 cm³/mol. The van der Waals surface area contributed by atoms with Gasteiger partial charge in [0.2, 0.25) is 0 Å². The molecule has 0 saturated heterocycles. The Morgan fingerprint density at radius 2 is 2.05 bits per heavy atom. The van der Waals surface area contributed by atoms with Gasteiger partial charge in [-0.3, -0.25) is 9.59 Å². The van der Waals surface area contributed by atoms with Gasteiger partial charge in [-0.2, -0.15) is 18.4 Å². The number of hydrogen-bond acceptors (Lipinski definition) is 3. The van der Waals surface area contributed by atoms with Gasteiger partial charge in [-0.25, -0.2) is 0 Å². The number of carbonyl (C=O) groups is 2. The van der Waals surface area contributed by atoms with E-state index in [-0.39, 0.29) is 16.8 Å². The number of benzene rings is 1. The van der Waals surface area contributed by atoms with Crippen LogP contribution in [0.5, 0.6) is 0 Å². The SMILES string of the molecule is N#Cc1cccc(C(=O)NC2=CC(=O)CC(C(F)(F)F)C2)c1. The Labute approximate surface area is 124 Å². The summed E-state index contributed by atoms with van der Waals surface area (Å²) in [7, 11) is 0. The van der Waals surface area contributed by atoms with Crippen LogP contribution in [0.4, 0.5) is 13.2 Å². The number of nitrogens with zero attached hydrogens (tertiary/aromatic N) is 1. The lowest BCUT2D eigenvalue weighted by Crippen LogP contribution is -2.33. The van der Waals surface area contributed by atoms with Gasteiger partial charge in [0.1, 0.15) is 0 Å². The molecule has 0 heterocycles. The van der Waals surface area contributed by atoms with E-state index in [4.69, 9.17) is 5.26 Å². The summed E-state index contributed by atoms with van der Waals surface area (Å²) in [4.78, 5) is 23.4. The number of hydrogen-bond donors (Lipinski definition) is 1. The zero-order valence-electron chi connectivity index (χ0n) is 11.3. The van der Waals surface area contributed by atoms with Gasteiger partial charge < -0.3 is 5.32 Å². The van der Waals surface area contributed by atoms with Crippen molar-refractivity contribution in [2.75, 3.05) is 0 Å². The average Bonchev–Trinajstić information content (AvgIpc) is 2.45. The molecule has 4 nitrogen and oxygen atoms in total. The van der Waals surface area contributed by atoms with E-state index in [9.17, 15) is 22.8 Å². The fourth-order valence-corrected chi connectivity index (χ4v) is 2.16.